The van der Waals surface area contributed by atoms with Crippen LogP contribution < -0.4 is 20.3 Å². The lowest BCUT2D eigenvalue weighted by Crippen LogP contribution is -2.44. The molecule has 3 heterocycles. The number of ether oxygens (including phenoxy) is 1. The Hall–Kier alpha value is -3.40. The standard InChI is InChI=1S/C22H20F3N5O2/c23-22(24,25)14-1-4-18(5-2-14)32-12-20(31)28-15-3-6-19-13(7-15)9-27-21(29-19)30-11-16-8-17(30)10-26-16/h1-7,9,16-17,26H,8,10-12H2,(H,28,31). The zero-order valence-corrected chi connectivity index (χ0v) is 16.9. The Bertz CT molecular complexity index is 1150. The van der Waals surface area contributed by atoms with Crippen LogP contribution in [0.1, 0.15) is 12.0 Å². The molecule has 0 aliphatic carbocycles. The van der Waals surface area contributed by atoms with Crippen LogP contribution in [0.3, 0.4) is 0 Å². The molecule has 5 rings (SSSR count). The molecule has 3 aromatic rings. The van der Waals surface area contributed by atoms with Gasteiger partial charge in [-0.15, -0.1) is 0 Å². The van der Waals surface area contributed by atoms with Gasteiger partial charge in [-0.1, -0.05) is 0 Å². The van der Waals surface area contributed by atoms with E-state index < -0.39 is 17.6 Å². The van der Waals surface area contributed by atoms with Gasteiger partial charge in [0.15, 0.2) is 6.61 Å². The molecule has 0 saturated carbocycles. The number of nitrogens with one attached hydrogen (secondary N) is 2. The zero-order chi connectivity index (χ0) is 22.3. The van der Waals surface area contributed by atoms with Gasteiger partial charge in [0.25, 0.3) is 5.91 Å². The van der Waals surface area contributed by atoms with Crippen molar-refractivity contribution in [2.45, 2.75) is 24.7 Å². The van der Waals surface area contributed by atoms with Crippen LogP contribution in [-0.2, 0) is 11.0 Å². The maximum absolute atomic E-state index is 12.6. The van der Waals surface area contributed by atoms with E-state index in [1.165, 1.54) is 12.1 Å². The number of anilines is 2. The van der Waals surface area contributed by atoms with E-state index in [9.17, 15) is 18.0 Å². The highest BCUT2D eigenvalue weighted by atomic mass is 19.4. The van der Waals surface area contributed by atoms with Crippen molar-refractivity contribution >= 4 is 28.4 Å². The van der Waals surface area contributed by atoms with Gasteiger partial charge in [-0.05, 0) is 48.9 Å². The highest BCUT2D eigenvalue weighted by Crippen LogP contribution is 2.30. The first-order valence-corrected chi connectivity index (χ1v) is 10.2. The van der Waals surface area contributed by atoms with Crippen molar-refractivity contribution < 1.29 is 22.7 Å². The van der Waals surface area contributed by atoms with E-state index in [4.69, 9.17) is 4.74 Å². The number of nitrogens with zero attached hydrogens (tertiary/aromatic N) is 3. The molecule has 2 aliphatic heterocycles. The number of piperazine rings is 1. The minimum absolute atomic E-state index is 0.179. The molecule has 166 valence electrons. The van der Waals surface area contributed by atoms with Crippen molar-refractivity contribution in [3.8, 4) is 5.75 Å². The van der Waals surface area contributed by atoms with Crippen LogP contribution in [-0.4, -0.2) is 47.7 Å². The molecule has 2 bridgehead atoms. The Morgan fingerprint density at radius 2 is 2.03 bits per heavy atom. The predicted molar refractivity (Wildman–Crippen MR) is 113 cm³/mol. The SMILES string of the molecule is O=C(COc1ccc(C(F)(F)F)cc1)Nc1ccc2nc(N3CC4CC3CN4)ncc2c1. The fourth-order valence-corrected chi connectivity index (χ4v) is 4.13. The number of hydrogen-bond acceptors (Lipinski definition) is 6. The van der Waals surface area contributed by atoms with E-state index in [1.54, 1.807) is 18.3 Å². The maximum atomic E-state index is 12.6. The number of aromatic nitrogens is 2. The summed E-state index contributed by atoms with van der Waals surface area (Å²) in [6.45, 7) is 1.53. The van der Waals surface area contributed by atoms with Gasteiger partial charge in [0.05, 0.1) is 11.1 Å². The summed E-state index contributed by atoms with van der Waals surface area (Å²) in [7, 11) is 0. The first-order valence-electron chi connectivity index (χ1n) is 10.2. The van der Waals surface area contributed by atoms with E-state index in [-0.39, 0.29) is 12.4 Å². The Balaban J connectivity index is 1.20. The molecule has 0 spiro atoms. The number of carbonyl (C=O) groups is 1. The Morgan fingerprint density at radius 3 is 2.72 bits per heavy atom. The highest BCUT2D eigenvalue weighted by Gasteiger charge is 2.38. The van der Waals surface area contributed by atoms with Crippen LogP contribution >= 0.6 is 0 Å². The number of fused-ring (bicyclic) bond motifs is 3. The molecular weight excluding hydrogens is 423 g/mol. The molecule has 2 atom stereocenters. The van der Waals surface area contributed by atoms with Gasteiger partial charge in [-0.3, -0.25) is 4.79 Å². The summed E-state index contributed by atoms with van der Waals surface area (Å²) in [5.74, 6) is 0.467. The molecule has 7 nitrogen and oxygen atoms in total. The number of hydrogen-bond donors (Lipinski definition) is 2. The van der Waals surface area contributed by atoms with Crippen LogP contribution in [0.5, 0.6) is 5.75 Å². The number of carbonyl (C=O) groups excluding carboxylic acids is 1. The maximum Gasteiger partial charge on any atom is 0.416 e. The van der Waals surface area contributed by atoms with Gasteiger partial charge in [-0.2, -0.15) is 13.2 Å². The highest BCUT2D eigenvalue weighted by molar-refractivity contribution is 5.94. The fourth-order valence-electron chi connectivity index (χ4n) is 4.13. The molecule has 1 amide bonds. The van der Waals surface area contributed by atoms with Crippen molar-refractivity contribution in [3.63, 3.8) is 0 Å². The van der Waals surface area contributed by atoms with Crippen LogP contribution in [0.4, 0.5) is 24.8 Å². The largest absolute Gasteiger partial charge is 0.484 e. The average Bonchev–Trinajstić information content (AvgIpc) is 3.41. The molecule has 0 radical (unpaired) electrons. The van der Waals surface area contributed by atoms with E-state index in [0.717, 1.165) is 42.5 Å². The molecule has 2 fully saturated rings. The van der Waals surface area contributed by atoms with Gasteiger partial charge in [0.2, 0.25) is 5.95 Å². The minimum Gasteiger partial charge on any atom is -0.484 e. The Kier molecular flexibility index (Phi) is 5.09. The van der Waals surface area contributed by atoms with Gasteiger partial charge >= 0.3 is 6.18 Å². The number of rotatable bonds is 5. The minimum atomic E-state index is -4.41. The third kappa shape index (κ3) is 4.18. The van der Waals surface area contributed by atoms with Crippen LogP contribution in [0, 0.1) is 0 Å². The lowest BCUT2D eigenvalue weighted by atomic mass is 10.2. The molecule has 2 N–H and O–H groups in total. The van der Waals surface area contributed by atoms with E-state index in [1.807, 2.05) is 6.07 Å². The van der Waals surface area contributed by atoms with E-state index >= 15 is 0 Å². The smallest absolute Gasteiger partial charge is 0.416 e. The zero-order valence-electron chi connectivity index (χ0n) is 16.9. The lowest BCUT2D eigenvalue weighted by Gasteiger charge is -2.27. The number of halogens is 3. The van der Waals surface area contributed by atoms with Crippen LogP contribution in [0.15, 0.2) is 48.7 Å². The van der Waals surface area contributed by atoms with Crippen molar-refractivity contribution in [3.05, 3.63) is 54.2 Å². The summed E-state index contributed by atoms with van der Waals surface area (Å²) in [6, 6.07) is 10.5. The molecule has 10 heteroatoms. The average molecular weight is 443 g/mol. The topological polar surface area (TPSA) is 79.4 Å². The Morgan fingerprint density at radius 1 is 1.22 bits per heavy atom. The molecule has 1 aromatic heterocycles. The normalized spacial score (nSPS) is 20.0. The summed E-state index contributed by atoms with van der Waals surface area (Å²) >= 11 is 0. The van der Waals surface area contributed by atoms with Crippen LogP contribution in [0.2, 0.25) is 0 Å². The summed E-state index contributed by atoms with van der Waals surface area (Å²) in [4.78, 5) is 23.6. The summed E-state index contributed by atoms with van der Waals surface area (Å²) in [6.07, 6.45) is -1.56. The molecule has 32 heavy (non-hydrogen) atoms. The van der Waals surface area contributed by atoms with E-state index in [0.29, 0.717) is 23.7 Å². The molecular formula is C22H20F3N5O2. The van der Waals surface area contributed by atoms with Crippen molar-refractivity contribution in [1.29, 1.82) is 0 Å². The van der Waals surface area contributed by atoms with Gasteiger partial charge in [0.1, 0.15) is 5.75 Å². The van der Waals surface area contributed by atoms with Crippen LogP contribution in [0.25, 0.3) is 10.9 Å². The fraction of sp³-hybridized carbons (Fsp3) is 0.318. The Labute approximate surface area is 181 Å². The molecule has 2 unspecified atom stereocenters. The molecule has 2 saturated heterocycles. The van der Waals surface area contributed by atoms with Gasteiger partial charge in [-0.25, -0.2) is 9.97 Å². The molecule has 2 aliphatic rings. The van der Waals surface area contributed by atoms with Gasteiger partial charge < -0.3 is 20.3 Å². The molecule has 2 aromatic carbocycles. The van der Waals surface area contributed by atoms with Crippen molar-refractivity contribution in [2.24, 2.45) is 0 Å². The summed E-state index contributed by atoms with van der Waals surface area (Å²) in [5.41, 5.74) is 0.564. The lowest BCUT2D eigenvalue weighted by molar-refractivity contribution is -0.137. The van der Waals surface area contributed by atoms with E-state index in [2.05, 4.69) is 25.5 Å². The summed E-state index contributed by atoms with van der Waals surface area (Å²) in [5, 5.41) is 6.96. The number of benzene rings is 2. The third-order valence-electron chi connectivity index (χ3n) is 5.72. The number of alkyl halides is 3. The van der Waals surface area contributed by atoms with Crippen molar-refractivity contribution in [1.82, 2.24) is 15.3 Å². The second-order valence-electron chi connectivity index (χ2n) is 7.95. The predicted octanol–water partition coefficient (Wildman–Crippen LogP) is 3.22. The monoisotopic (exact) mass is 443 g/mol. The van der Waals surface area contributed by atoms with Gasteiger partial charge in [0, 0.05) is 42.4 Å². The second kappa shape index (κ2) is 7.94. The second-order valence-corrected chi connectivity index (χ2v) is 7.95. The first-order chi connectivity index (χ1) is 15.3. The quantitative estimate of drug-likeness (QED) is 0.631. The summed E-state index contributed by atoms with van der Waals surface area (Å²) < 4.78 is 43.1. The third-order valence-corrected chi connectivity index (χ3v) is 5.72. The number of amides is 1. The van der Waals surface area contributed by atoms with Crippen molar-refractivity contribution in [2.75, 3.05) is 29.9 Å². The first kappa shape index (κ1) is 20.5.